The van der Waals surface area contributed by atoms with Gasteiger partial charge in [0.2, 0.25) is 5.91 Å². The molecule has 0 aliphatic carbocycles. The number of allylic oxidation sites excluding steroid dienone is 6. The normalized spacial score (nSPS) is 13.0. The Morgan fingerprint density at radius 1 is 0.483 bits per heavy atom. The van der Waals surface area contributed by atoms with Crippen LogP contribution in [0, 0.1) is 0 Å². The van der Waals surface area contributed by atoms with Crippen molar-refractivity contribution >= 4 is 11.9 Å². The van der Waals surface area contributed by atoms with Crippen molar-refractivity contribution in [2.45, 2.75) is 270 Å². The van der Waals surface area contributed by atoms with Gasteiger partial charge in [-0.3, -0.25) is 9.59 Å². The van der Waals surface area contributed by atoms with Crippen molar-refractivity contribution < 1.29 is 24.5 Å². The highest BCUT2D eigenvalue weighted by molar-refractivity contribution is 5.76. The van der Waals surface area contributed by atoms with Crippen molar-refractivity contribution in [3.8, 4) is 0 Å². The Labute approximate surface area is 360 Å². The van der Waals surface area contributed by atoms with Crippen LogP contribution in [0.2, 0.25) is 0 Å². The Hall–Kier alpha value is -1.92. The van der Waals surface area contributed by atoms with Gasteiger partial charge in [0.15, 0.2) is 0 Å². The summed E-state index contributed by atoms with van der Waals surface area (Å²) < 4.78 is 5.42. The molecule has 0 aliphatic rings. The lowest BCUT2D eigenvalue weighted by Gasteiger charge is -2.22. The number of aliphatic hydroxyl groups is 2. The van der Waals surface area contributed by atoms with Crippen LogP contribution in [-0.2, 0) is 14.3 Å². The van der Waals surface area contributed by atoms with Crippen LogP contribution in [0.15, 0.2) is 36.5 Å². The zero-order valence-electron chi connectivity index (χ0n) is 38.5. The summed E-state index contributed by atoms with van der Waals surface area (Å²) in [4.78, 5) is 24.4. The van der Waals surface area contributed by atoms with Gasteiger partial charge in [0, 0.05) is 12.8 Å². The molecule has 6 nitrogen and oxygen atoms in total. The van der Waals surface area contributed by atoms with E-state index in [1.54, 1.807) is 0 Å². The first-order chi connectivity index (χ1) is 28.5. The summed E-state index contributed by atoms with van der Waals surface area (Å²) >= 11 is 0. The van der Waals surface area contributed by atoms with Gasteiger partial charge in [0.05, 0.1) is 25.4 Å². The Kier molecular flexibility index (Phi) is 46.2. The standard InChI is InChI=1S/C52H97NO5/c1-3-5-7-9-11-13-15-26-30-34-38-42-46-52(57)58-47-43-39-35-31-27-24-22-20-18-16-17-19-21-23-25-29-33-37-41-45-51(56)53-49(48-54)50(55)44-40-36-32-28-14-12-10-8-6-4-2/h11,13,20,22,24,27,49-50,54-55H,3-10,12,14-19,21,23,25-26,28-48H2,1-2H3,(H,53,56)/b13-11-,22-20-,27-24-. The third kappa shape index (κ3) is 43.7. The van der Waals surface area contributed by atoms with Crippen LogP contribution in [0.4, 0.5) is 0 Å². The minimum absolute atomic E-state index is 0.0243. The summed E-state index contributed by atoms with van der Waals surface area (Å²) in [5.74, 6) is -0.0720. The number of unbranched alkanes of at least 4 members (excludes halogenated alkanes) is 30. The van der Waals surface area contributed by atoms with Gasteiger partial charge in [-0.15, -0.1) is 0 Å². The molecule has 0 saturated heterocycles. The number of esters is 1. The van der Waals surface area contributed by atoms with E-state index in [0.29, 0.717) is 25.9 Å². The predicted octanol–water partition coefficient (Wildman–Crippen LogP) is 14.9. The number of hydrogen-bond acceptors (Lipinski definition) is 5. The number of carbonyl (C=O) groups excluding carboxylic acids is 2. The molecule has 2 atom stereocenters. The molecule has 3 N–H and O–H groups in total. The number of hydrogen-bond donors (Lipinski definition) is 3. The zero-order valence-corrected chi connectivity index (χ0v) is 38.5. The van der Waals surface area contributed by atoms with E-state index in [0.717, 1.165) is 70.6 Å². The van der Waals surface area contributed by atoms with Gasteiger partial charge in [-0.05, 0) is 83.5 Å². The quantitative estimate of drug-likeness (QED) is 0.0246. The van der Waals surface area contributed by atoms with Crippen LogP contribution < -0.4 is 5.32 Å². The highest BCUT2D eigenvalue weighted by atomic mass is 16.5. The van der Waals surface area contributed by atoms with Crippen molar-refractivity contribution in [2.75, 3.05) is 13.2 Å². The smallest absolute Gasteiger partial charge is 0.305 e. The fourth-order valence-corrected chi connectivity index (χ4v) is 7.51. The number of carbonyl (C=O) groups is 2. The van der Waals surface area contributed by atoms with E-state index in [2.05, 4.69) is 55.6 Å². The second kappa shape index (κ2) is 47.8. The highest BCUT2D eigenvalue weighted by Gasteiger charge is 2.20. The second-order valence-corrected chi connectivity index (χ2v) is 17.2. The van der Waals surface area contributed by atoms with Gasteiger partial charge in [0.1, 0.15) is 0 Å². The topological polar surface area (TPSA) is 95.9 Å². The molecule has 1 amide bonds. The van der Waals surface area contributed by atoms with Crippen LogP contribution in [0.3, 0.4) is 0 Å². The Morgan fingerprint density at radius 3 is 1.36 bits per heavy atom. The molecule has 0 aromatic carbocycles. The highest BCUT2D eigenvalue weighted by Crippen LogP contribution is 2.15. The number of aliphatic hydroxyl groups excluding tert-OH is 2. The molecule has 0 heterocycles. The summed E-state index contributed by atoms with van der Waals surface area (Å²) in [5.41, 5.74) is 0. The maximum Gasteiger partial charge on any atom is 0.305 e. The molecule has 0 aliphatic heterocycles. The summed E-state index contributed by atoms with van der Waals surface area (Å²) in [6.07, 6.45) is 56.9. The van der Waals surface area contributed by atoms with Gasteiger partial charge >= 0.3 is 5.97 Å². The van der Waals surface area contributed by atoms with Crippen LogP contribution in [0.5, 0.6) is 0 Å². The number of ether oxygens (including phenoxy) is 1. The van der Waals surface area contributed by atoms with E-state index >= 15 is 0 Å². The first kappa shape index (κ1) is 56.1. The first-order valence-electron chi connectivity index (χ1n) is 25.3. The number of amides is 1. The maximum atomic E-state index is 12.4. The molecule has 0 rings (SSSR count). The molecule has 0 aromatic rings. The Balaban J connectivity index is 3.48. The fraction of sp³-hybridized carbons (Fsp3) is 0.846. The minimum Gasteiger partial charge on any atom is -0.466 e. The third-order valence-electron chi connectivity index (χ3n) is 11.4. The van der Waals surface area contributed by atoms with Gasteiger partial charge in [0.25, 0.3) is 0 Å². The fourth-order valence-electron chi connectivity index (χ4n) is 7.51. The molecule has 340 valence electrons. The van der Waals surface area contributed by atoms with Crippen LogP contribution in [0.1, 0.15) is 258 Å². The lowest BCUT2D eigenvalue weighted by atomic mass is 10.0. The summed E-state index contributed by atoms with van der Waals surface area (Å²) in [7, 11) is 0. The molecular weight excluding hydrogens is 719 g/mol. The predicted molar refractivity (Wildman–Crippen MR) is 250 cm³/mol. The van der Waals surface area contributed by atoms with Crippen molar-refractivity contribution in [2.24, 2.45) is 0 Å². The zero-order chi connectivity index (χ0) is 42.3. The van der Waals surface area contributed by atoms with Crippen molar-refractivity contribution in [1.82, 2.24) is 5.32 Å². The molecule has 2 unspecified atom stereocenters. The van der Waals surface area contributed by atoms with E-state index in [1.165, 1.54) is 154 Å². The van der Waals surface area contributed by atoms with E-state index in [1.807, 2.05) is 0 Å². The van der Waals surface area contributed by atoms with Gasteiger partial charge < -0.3 is 20.3 Å². The second-order valence-electron chi connectivity index (χ2n) is 17.2. The average Bonchev–Trinajstić information content (AvgIpc) is 3.22. The molecule has 0 saturated carbocycles. The molecule has 0 aromatic heterocycles. The molecule has 6 heteroatoms. The van der Waals surface area contributed by atoms with Gasteiger partial charge in [-0.2, -0.15) is 0 Å². The van der Waals surface area contributed by atoms with Crippen molar-refractivity contribution in [3.63, 3.8) is 0 Å². The molecular formula is C52H97NO5. The van der Waals surface area contributed by atoms with E-state index in [4.69, 9.17) is 4.74 Å². The van der Waals surface area contributed by atoms with Gasteiger partial charge in [-0.25, -0.2) is 0 Å². The van der Waals surface area contributed by atoms with E-state index < -0.39 is 12.1 Å². The molecule has 0 spiro atoms. The minimum atomic E-state index is -0.669. The summed E-state index contributed by atoms with van der Waals surface area (Å²) in [6, 6.07) is -0.547. The average molecular weight is 816 g/mol. The van der Waals surface area contributed by atoms with Crippen molar-refractivity contribution in [1.29, 1.82) is 0 Å². The lowest BCUT2D eigenvalue weighted by molar-refractivity contribution is -0.143. The van der Waals surface area contributed by atoms with Gasteiger partial charge in [-0.1, -0.05) is 198 Å². The summed E-state index contributed by atoms with van der Waals surface area (Å²) in [5, 5.41) is 23.1. The Bertz CT molecular complexity index is 946. The maximum absolute atomic E-state index is 12.4. The summed E-state index contributed by atoms with van der Waals surface area (Å²) in [6.45, 7) is 4.86. The third-order valence-corrected chi connectivity index (χ3v) is 11.4. The largest absolute Gasteiger partial charge is 0.466 e. The molecule has 0 bridgehead atoms. The molecule has 0 fully saturated rings. The van der Waals surface area contributed by atoms with Crippen LogP contribution >= 0.6 is 0 Å². The molecule has 0 radical (unpaired) electrons. The first-order valence-corrected chi connectivity index (χ1v) is 25.3. The van der Waals surface area contributed by atoms with E-state index in [9.17, 15) is 19.8 Å². The molecule has 58 heavy (non-hydrogen) atoms. The van der Waals surface area contributed by atoms with Crippen molar-refractivity contribution in [3.05, 3.63) is 36.5 Å². The lowest BCUT2D eigenvalue weighted by Crippen LogP contribution is -2.45. The monoisotopic (exact) mass is 816 g/mol. The SMILES string of the molecule is CCCCC/C=C\CCCCCCCC(=O)OCCCCC/C=C\C=C/CCCCCCCCCCCCC(=O)NC(CO)C(O)CCCCCCCCCCCC. The van der Waals surface area contributed by atoms with Crippen LogP contribution in [0.25, 0.3) is 0 Å². The Morgan fingerprint density at radius 2 is 0.862 bits per heavy atom. The number of rotatable bonds is 46. The number of nitrogens with one attached hydrogen (secondary N) is 1. The van der Waals surface area contributed by atoms with E-state index in [-0.39, 0.29) is 18.5 Å². The van der Waals surface area contributed by atoms with Crippen LogP contribution in [-0.4, -0.2) is 47.4 Å².